The van der Waals surface area contributed by atoms with E-state index in [2.05, 4.69) is 21.2 Å². The number of furan rings is 1. The summed E-state index contributed by atoms with van der Waals surface area (Å²) >= 11 is 3.13. The second-order valence-corrected chi connectivity index (χ2v) is 4.87. The zero-order valence-corrected chi connectivity index (χ0v) is 12.3. The van der Waals surface area contributed by atoms with Crippen LogP contribution < -0.4 is 5.32 Å². The van der Waals surface area contributed by atoms with Crippen LogP contribution in [-0.4, -0.2) is 19.6 Å². The van der Waals surface area contributed by atoms with Crippen molar-refractivity contribution >= 4 is 21.8 Å². The first kappa shape index (κ1) is 14.7. The number of carbonyl (C=O) groups is 1. The molecule has 1 atom stereocenters. The molecule has 2 aromatic rings. The van der Waals surface area contributed by atoms with Crippen LogP contribution in [0.15, 0.2) is 45.5 Å². The van der Waals surface area contributed by atoms with Crippen LogP contribution in [0.5, 0.6) is 0 Å². The molecule has 1 unspecified atom stereocenters. The predicted molar refractivity (Wildman–Crippen MR) is 74.9 cm³/mol. The Labute approximate surface area is 124 Å². The van der Waals surface area contributed by atoms with Crippen LogP contribution >= 0.6 is 15.9 Å². The maximum absolute atomic E-state index is 13.2. The molecule has 0 aliphatic carbocycles. The van der Waals surface area contributed by atoms with E-state index >= 15 is 0 Å². The Morgan fingerprint density at radius 2 is 2.25 bits per heavy atom. The molecule has 0 fully saturated rings. The molecule has 0 spiro atoms. The molecule has 1 heterocycles. The zero-order chi connectivity index (χ0) is 14.5. The number of benzene rings is 1. The lowest BCUT2D eigenvalue weighted by Gasteiger charge is -2.16. The summed E-state index contributed by atoms with van der Waals surface area (Å²) in [4.78, 5) is 11.8. The van der Waals surface area contributed by atoms with Crippen LogP contribution in [-0.2, 0) is 4.74 Å². The summed E-state index contributed by atoms with van der Waals surface area (Å²) in [6.07, 6.45) is -0.423. The Kier molecular flexibility index (Phi) is 4.92. The molecule has 0 radical (unpaired) electrons. The lowest BCUT2D eigenvalue weighted by Crippen LogP contribution is -2.28. The molecular weight excluding hydrogens is 329 g/mol. The van der Waals surface area contributed by atoms with Crippen LogP contribution in [0.1, 0.15) is 22.2 Å². The van der Waals surface area contributed by atoms with Crippen molar-refractivity contribution in [2.45, 2.75) is 6.10 Å². The smallest absolute Gasteiger partial charge is 0.287 e. The molecule has 1 aromatic carbocycles. The van der Waals surface area contributed by atoms with E-state index in [1.54, 1.807) is 24.3 Å². The molecule has 1 N–H and O–H groups in total. The summed E-state index contributed by atoms with van der Waals surface area (Å²) in [5.74, 6) is -0.494. The number of carbonyl (C=O) groups excluding carboxylic acids is 1. The van der Waals surface area contributed by atoms with E-state index in [9.17, 15) is 9.18 Å². The van der Waals surface area contributed by atoms with Gasteiger partial charge in [-0.2, -0.15) is 0 Å². The first-order valence-electron chi connectivity index (χ1n) is 5.92. The standard InChI is InChI=1S/C14H13BrFNO3/c1-19-12(9-3-2-4-10(16)7-9)8-17-14(18)11-5-6-13(15)20-11/h2-7,12H,8H2,1H3,(H,17,18). The Morgan fingerprint density at radius 3 is 2.85 bits per heavy atom. The average molecular weight is 342 g/mol. The highest BCUT2D eigenvalue weighted by Crippen LogP contribution is 2.17. The normalized spacial score (nSPS) is 12.2. The summed E-state index contributed by atoms with van der Waals surface area (Å²) in [5, 5.41) is 2.68. The minimum absolute atomic E-state index is 0.200. The first-order valence-corrected chi connectivity index (χ1v) is 6.71. The molecule has 2 rings (SSSR count). The largest absolute Gasteiger partial charge is 0.444 e. The number of nitrogens with one attached hydrogen (secondary N) is 1. The van der Waals surface area contributed by atoms with E-state index in [1.807, 2.05) is 0 Å². The maximum atomic E-state index is 13.2. The van der Waals surface area contributed by atoms with Gasteiger partial charge in [0.1, 0.15) is 5.82 Å². The van der Waals surface area contributed by atoms with Gasteiger partial charge in [0.05, 0.1) is 6.10 Å². The number of hydrogen-bond acceptors (Lipinski definition) is 3. The third-order valence-electron chi connectivity index (χ3n) is 2.75. The van der Waals surface area contributed by atoms with Crippen molar-refractivity contribution in [3.05, 3.63) is 58.2 Å². The molecule has 0 saturated carbocycles. The number of hydrogen-bond donors (Lipinski definition) is 1. The molecule has 0 bridgehead atoms. The van der Waals surface area contributed by atoms with E-state index in [0.29, 0.717) is 10.2 Å². The van der Waals surface area contributed by atoms with E-state index in [1.165, 1.54) is 19.2 Å². The number of halogens is 2. The Bertz CT molecular complexity index is 600. The van der Waals surface area contributed by atoms with Gasteiger partial charge in [-0.3, -0.25) is 4.79 Å². The molecule has 0 aliphatic heterocycles. The fourth-order valence-electron chi connectivity index (χ4n) is 1.75. The maximum Gasteiger partial charge on any atom is 0.287 e. The number of amides is 1. The SMILES string of the molecule is COC(CNC(=O)c1ccc(Br)o1)c1cccc(F)c1. The fraction of sp³-hybridized carbons (Fsp3) is 0.214. The first-order chi connectivity index (χ1) is 9.60. The molecule has 0 saturated heterocycles. The minimum atomic E-state index is -0.423. The summed E-state index contributed by atoms with van der Waals surface area (Å²) in [6, 6.07) is 9.27. The summed E-state index contributed by atoms with van der Waals surface area (Å²) in [7, 11) is 1.51. The molecule has 6 heteroatoms. The van der Waals surface area contributed by atoms with Gasteiger partial charge in [0, 0.05) is 13.7 Å². The highest BCUT2D eigenvalue weighted by atomic mass is 79.9. The second-order valence-electron chi connectivity index (χ2n) is 4.09. The van der Waals surface area contributed by atoms with Gasteiger partial charge < -0.3 is 14.5 Å². The number of rotatable bonds is 5. The Morgan fingerprint density at radius 1 is 1.45 bits per heavy atom. The fourth-order valence-corrected chi connectivity index (χ4v) is 2.06. The molecule has 106 valence electrons. The van der Waals surface area contributed by atoms with Gasteiger partial charge in [-0.25, -0.2) is 4.39 Å². The highest BCUT2D eigenvalue weighted by molar-refractivity contribution is 9.10. The number of methoxy groups -OCH3 is 1. The van der Waals surface area contributed by atoms with Crippen molar-refractivity contribution in [2.75, 3.05) is 13.7 Å². The van der Waals surface area contributed by atoms with E-state index in [4.69, 9.17) is 9.15 Å². The van der Waals surface area contributed by atoms with E-state index in [-0.39, 0.29) is 24.0 Å². The third-order valence-corrected chi connectivity index (χ3v) is 3.18. The molecule has 1 aromatic heterocycles. The quantitative estimate of drug-likeness (QED) is 0.907. The van der Waals surface area contributed by atoms with E-state index < -0.39 is 6.10 Å². The van der Waals surface area contributed by atoms with Crippen molar-refractivity contribution in [3.63, 3.8) is 0 Å². The predicted octanol–water partition coefficient (Wildman–Crippen LogP) is 3.30. The summed E-state index contributed by atoms with van der Waals surface area (Å²) in [6.45, 7) is 0.219. The molecule has 20 heavy (non-hydrogen) atoms. The van der Waals surface area contributed by atoms with Crippen molar-refractivity contribution in [1.82, 2.24) is 5.32 Å². The van der Waals surface area contributed by atoms with E-state index in [0.717, 1.165) is 0 Å². The van der Waals surface area contributed by atoms with Crippen LogP contribution in [0.2, 0.25) is 0 Å². The van der Waals surface area contributed by atoms with Crippen LogP contribution in [0, 0.1) is 5.82 Å². The average Bonchev–Trinajstić information content (AvgIpc) is 2.86. The monoisotopic (exact) mass is 341 g/mol. The van der Waals surface area contributed by atoms with Gasteiger partial charge in [-0.15, -0.1) is 0 Å². The lowest BCUT2D eigenvalue weighted by molar-refractivity contribution is 0.0805. The van der Waals surface area contributed by atoms with Gasteiger partial charge in [0.2, 0.25) is 0 Å². The summed E-state index contributed by atoms with van der Waals surface area (Å²) < 4.78 is 24.1. The zero-order valence-electron chi connectivity index (χ0n) is 10.7. The van der Waals surface area contributed by atoms with Gasteiger partial charge in [-0.1, -0.05) is 12.1 Å². The van der Waals surface area contributed by atoms with Crippen molar-refractivity contribution in [1.29, 1.82) is 0 Å². The highest BCUT2D eigenvalue weighted by Gasteiger charge is 2.15. The Hall–Kier alpha value is -1.66. The van der Waals surface area contributed by atoms with Gasteiger partial charge >= 0.3 is 0 Å². The minimum Gasteiger partial charge on any atom is -0.444 e. The molecule has 4 nitrogen and oxygen atoms in total. The van der Waals surface area contributed by atoms with Gasteiger partial charge in [-0.05, 0) is 45.8 Å². The van der Waals surface area contributed by atoms with Crippen molar-refractivity contribution in [3.8, 4) is 0 Å². The summed E-state index contributed by atoms with van der Waals surface area (Å²) in [5.41, 5.74) is 0.661. The number of ether oxygens (including phenoxy) is 1. The molecular formula is C14H13BrFNO3. The van der Waals surface area contributed by atoms with Crippen molar-refractivity contribution < 1.29 is 18.3 Å². The van der Waals surface area contributed by atoms with Crippen LogP contribution in [0.25, 0.3) is 0 Å². The lowest BCUT2D eigenvalue weighted by atomic mass is 10.1. The van der Waals surface area contributed by atoms with Crippen LogP contribution in [0.3, 0.4) is 0 Å². The molecule has 1 amide bonds. The van der Waals surface area contributed by atoms with Gasteiger partial charge in [0.25, 0.3) is 5.91 Å². The van der Waals surface area contributed by atoms with Crippen LogP contribution in [0.4, 0.5) is 4.39 Å². The van der Waals surface area contributed by atoms with Gasteiger partial charge in [0.15, 0.2) is 10.4 Å². The third kappa shape index (κ3) is 3.68. The van der Waals surface area contributed by atoms with Crippen molar-refractivity contribution in [2.24, 2.45) is 0 Å². The molecule has 0 aliphatic rings. The second kappa shape index (κ2) is 6.67. The Balaban J connectivity index is 1.99. The topological polar surface area (TPSA) is 51.5 Å².